The lowest BCUT2D eigenvalue weighted by Gasteiger charge is -2.13. The topological polar surface area (TPSA) is 24.1 Å². The van der Waals surface area contributed by atoms with Crippen LogP contribution in [0, 0.1) is 13.8 Å². The Labute approximate surface area is 296 Å². The zero-order valence-corrected chi connectivity index (χ0v) is 28.5. The Bertz CT molecular complexity index is 2090. The summed E-state index contributed by atoms with van der Waals surface area (Å²) in [7, 11) is 0. The Balaban J connectivity index is 0.948. The Morgan fingerprint density at radius 2 is 0.680 bits per heavy atom. The third-order valence-electron chi connectivity index (χ3n) is 8.76. The molecule has 0 heterocycles. The van der Waals surface area contributed by atoms with Crippen molar-refractivity contribution >= 4 is 47.1 Å². The molecule has 0 unspecified atom stereocenters. The first-order chi connectivity index (χ1) is 24.6. The van der Waals surface area contributed by atoms with Crippen molar-refractivity contribution in [3.8, 4) is 22.3 Å². The normalized spacial score (nSPS) is 11.2. The number of hydrogen-bond acceptors (Lipinski definition) is 2. The molecule has 7 aromatic carbocycles. The van der Waals surface area contributed by atoms with E-state index in [9.17, 15) is 0 Å². The number of anilines is 4. The molecule has 7 aromatic rings. The third kappa shape index (κ3) is 8.18. The fourth-order valence-corrected chi connectivity index (χ4v) is 6.08. The van der Waals surface area contributed by atoms with Crippen molar-refractivity contribution in [1.82, 2.24) is 0 Å². The van der Waals surface area contributed by atoms with E-state index in [1.165, 1.54) is 33.4 Å². The average molecular weight is 645 g/mol. The predicted octanol–water partition coefficient (Wildman–Crippen LogP) is 13.5. The quantitative estimate of drug-likeness (QED) is 0.145. The second kappa shape index (κ2) is 15.2. The summed E-state index contributed by atoms with van der Waals surface area (Å²) in [6.45, 7) is 4.26. The molecule has 50 heavy (non-hydrogen) atoms. The van der Waals surface area contributed by atoms with Gasteiger partial charge in [0.15, 0.2) is 0 Å². The molecule has 2 nitrogen and oxygen atoms in total. The van der Waals surface area contributed by atoms with Crippen molar-refractivity contribution < 1.29 is 0 Å². The number of rotatable bonds is 10. The summed E-state index contributed by atoms with van der Waals surface area (Å²) in [5, 5.41) is 7.22. The van der Waals surface area contributed by atoms with Gasteiger partial charge in [-0.15, -0.1) is 0 Å². The monoisotopic (exact) mass is 644 g/mol. The fourth-order valence-electron chi connectivity index (χ4n) is 6.08. The summed E-state index contributed by atoms with van der Waals surface area (Å²) in [4.78, 5) is 0. The molecular weight excluding hydrogens is 605 g/mol. The maximum Gasteiger partial charge on any atom is 0.0463 e. The molecule has 0 spiro atoms. The molecule has 2 N–H and O–H groups in total. The van der Waals surface area contributed by atoms with Gasteiger partial charge in [0.1, 0.15) is 0 Å². The van der Waals surface area contributed by atoms with Gasteiger partial charge in [-0.25, -0.2) is 0 Å². The molecule has 0 atom stereocenters. The van der Waals surface area contributed by atoms with Crippen LogP contribution in [0.5, 0.6) is 0 Å². The molecule has 7 rings (SSSR count). The lowest BCUT2D eigenvalue weighted by Crippen LogP contribution is -1.93. The molecule has 0 aliphatic rings. The highest BCUT2D eigenvalue weighted by Gasteiger charge is 2.07. The largest absolute Gasteiger partial charge is 0.355 e. The van der Waals surface area contributed by atoms with E-state index >= 15 is 0 Å². The van der Waals surface area contributed by atoms with Crippen LogP contribution in [0.3, 0.4) is 0 Å². The fraction of sp³-hybridized carbons (Fsp3) is 0.0417. The van der Waals surface area contributed by atoms with Crippen LogP contribution >= 0.6 is 0 Å². The van der Waals surface area contributed by atoms with Crippen molar-refractivity contribution in [2.75, 3.05) is 10.6 Å². The predicted molar refractivity (Wildman–Crippen MR) is 217 cm³/mol. The molecule has 0 saturated heterocycles. The minimum atomic E-state index is 1.06. The minimum Gasteiger partial charge on any atom is -0.355 e. The first-order valence-electron chi connectivity index (χ1n) is 17.1. The van der Waals surface area contributed by atoms with Gasteiger partial charge in [0.2, 0.25) is 0 Å². The van der Waals surface area contributed by atoms with Crippen LogP contribution in [-0.2, 0) is 0 Å². The van der Waals surface area contributed by atoms with Crippen LogP contribution < -0.4 is 10.6 Å². The SMILES string of the molecule is Cc1cccc(-c2ccccc2Nc2ccc(C=Cc3ccc(C=Cc4ccc(Nc5ccccc5-c5cccc(C)c5)cc4)cc3)cc2)c1. The van der Waals surface area contributed by atoms with E-state index in [1.807, 2.05) is 0 Å². The second-order valence-corrected chi connectivity index (χ2v) is 12.7. The maximum absolute atomic E-state index is 3.61. The van der Waals surface area contributed by atoms with Crippen molar-refractivity contribution in [3.63, 3.8) is 0 Å². The number of para-hydroxylation sites is 2. The molecule has 242 valence electrons. The highest BCUT2D eigenvalue weighted by Crippen LogP contribution is 2.32. The van der Waals surface area contributed by atoms with E-state index in [4.69, 9.17) is 0 Å². The molecule has 0 amide bonds. The Morgan fingerprint density at radius 3 is 1.04 bits per heavy atom. The molecule has 0 radical (unpaired) electrons. The standard InChI is InChI=1S/C48H40N2/c1-35-9-7-11-41(33-35)45-13-3-5-15-47(45)49-43-29-25-39(26-30-43)23-21-37-17-19-38(20-18-37)22-24-40-27-31-44(32-28-40)50-48-16-6-4-14-46(48)42-12-8-10-36(2)34-42/h3-34,49-50H,1-2H3. The first-order valence-corrected chi connectivity index (χ1v) is 17.1. The van der Waals surface area contributed by atoms with Crippen molar-refractivity contribution in [2.45, 2.75) is 13.8 Å². The van der Waals surface area contributed by atoms with E-state index in [-0.39, 0.29) is 0 Å². The van der Waals surface area contributed by atoms with Crippen molar-refractivity contribution in [2.24, 2.45) is 0 Å². The van der Waals surface area contributed by atoms with E-state index in [1.54, 1.807) is 0 Å². The first kappa shape index (κ1) is 32.2. The van der Waals surface area contributed by atoms with Crippen LogP contribution in [0.1, 0.15) is 33.4 Å². The molecule has 2 heteroatoms. The maximum atomic E-state index is 3.61. The van der Waals surface area contributed by atoms with Gasteiger partial charge in [-0.2, -0.15) is 0 Å². The van der Waals surface area contributed by atoms with E-state index < -0.39 is 0 Å². The van der Waals surface area contributed by atoms with Crippen LogP contribution in [0.25, 0.3) is 46.6 Å². The zero-order chi connectivity index (χ0) is 34.1. The van der Waals surface area contributed by atoms with Gasteiger partial charge in [0.25, 0.3) is 0 Å². The van der Waals surface area contributed by atoms with Gasteiger partial charge in [-0.3, -0.25) is 0 Å². The van der Waals surface area contributed by atoms with Gasteiger partial charge < -0.3 is 10.6 Å². The Hall–Kier alpha value is -6.38. The summed E-state index contributed by atoms with van der Waals surface area (Å²) >= 11 is 0. The van der Waals surface area contributed by atoms with Gasteiger partial charge in [0, 0.05) is 33.9 Å². The summed E-state index contributed by atoms with van der Waals surface area (Å²) in [5.41, 5.74) is 16.3. The van der Waals surface area contributed by atoms with Crippen LogP contribution in [0.15, 0.2) is 170 Å². The minimum absolute atomic E-state index is 1.06. The highest BCUT2D eigenvalue weighted by atomic mass is 14.9. The van der Waals surface area contributed by atoms with Crippen LogP contribution in [0.4, 0.5) is 22.7 Å². The zero-order valence-electron chi connectivity index (χ0n) is 28.5. The molecule has 0 bridgehead atoms. The summed E-state index contributed by atoms with van der Waals surface area (Å²) in [6.07, 6.45) is 8.63. The average Bonchev–Trinajstić information content (AvgIpc) is 3.15. The third-order valence-corrected chi connectivity index (χ3v) is 8.76. The smallest absolute Gasteiger partial charge is 0.0463 e. The molecule has 0 aromatic heterocycles. The Morgan fingerprint density at radius 1 is 0.340 bits per heavy atom. The lowest BCUT2D eigenvalue weighted by molar-refractivity contribution is 1.46. The number of aryl methyl sites for hydroxylation is 2. The van der Waals surface area contributed by atoms with Crippen molar-refractivity contribution in [1.29, 1.82) is 0 Å². The molecule has 0 fully saturated rings. The second-order valence-electron chi connectivity index (χ2n) is 12.7. The number of hydrogen-bond donors (Lipinski definition) is 2. The Kier molecular flexibility index (Phi) is 9.80. The summed E-state index contributed by atoms with van der Waals surface area (Å²) in [5.74, 6) is 0. The van der Waals surface area contributed by atoms with Gasteiger partial charge in [0.05, 0.1) is 0 Å². The van der Waals surface area contributed by atoms with E-state index in [0.717, 1.165) is 45.0 Å². The van der Waals surface area contributed by atoms with Crippen LogP contribution in [0.2, 0.25) is 0 Å². The van der Waals surface area contributed by atoms with Gasteiger partial charge in [-0.05, 0) is 83.6 Å². The van der Waals surface area contributed by atoms with E-state index in [0.29, 0.717) is 0 Å². The lowest BCUT2D eigenvalue weighted by atomic mass is 10.0. The number of nitrogens with one attached hydrogen (secondary N) is 2. The van der Waals surface area contributed by atoms with Crippen LogP contribution in [-0.4, -0.2) is 0 Å². The van der Waals surface area contributed by atoms with Gasteiger partial charge in [-0.1, -0.05) is 169 Å². The highest BCUT2D eigenvalue weighted by molar-refractivity contribution is 5.83. The summed E-state index contributed by atoms with van der Waals surface area (Å²) < 4.78 is 0. The molecule has 0 aliphatic carbocycles. The molecule has 0 saturated carbocycles. The molecule has 0 aliphatic heterocycles. The van der Waals surface area contributed by atoms with Crippen molar-refractivity contribution in [3.05, 3.63) is 203 Å². The van der Waals surface area contributed by atoms with E-state index in [2.05, 4.69) is 219 Å². The molecular formula is C48H40N2. The van der Waals surface area contributed by atoms with Gasteiger partial charge >= 0.3 is 0 Å². The summed E-state index contributed by atoms with van der Waals surface area (Å²) in [6, 6.07) is 59.9. The number of benzene rings is 7.